The van der Waals surface area contributed by atoms with E-state index in [-0.39, 0.29) is 11.1 Å². The number of benzene rings is 2. The van der Waals surface area contributed by atoms with Crippen molar-refractivity contribution in [2.75, 3.05) is 11.9 Å². The molecule has 0 aromatic heterocycles. The molecule has 0 aliphatic carbocycles. The quantitative estimate of drug-likeness (QED) is 0.614. The van der Waals surface area contributed by atoms with Crippen LogP contribution in [-0.4, -0.2) is 41.2 Å². The monoisotopic (exact) mass is 380 g/mol. The lowest BCUT2D eigenvalue weighted by molar-refractivity contribution is -0.150. The number of carbonyl (C=O) groups excluding carboxylic acids is 4. The summed E-state index contributed by atoms with van der Waals surface area (Å²) in [7, 11) is 0. The van der Waals surface area contributed by atoms with Gasteiger partial charge in [0.05, 0.1) is 11.1 Å². The van der Waals surface area contributed by atoms with Gasteiger partial charge in [0, 0.05) is 5.69 Å². The van der Waals surface area contributed by atoms with Crippen molar-refractivity contribution in [3.8, 4) is 0 Å². The lowest BCUT2D eigenvalue weighted by atomic mass is 10.1. The molecule has 0 spiro atoms. The molecule has 0 fully saturated rings. The van der Waals surface area contributed by atoms with Crippen molar-refractivity contribution in [1.82, 2.24) is 4.90 Å². The Labute approximate surface area is 162 Å². The van der Waals surface area contributed by atoms with Gasteiger partial charge in [-0.3, -0.25) is 19.3 Å². The number of nitrogens with one attached hydrogen (secondary N) is 1. The van der Waals surface area contributed by atoms with Gasteiger partial charge in [0.25, 0.3) is 17.7 Å². The fourth-order valence-electron chi connectivity index (χ4n) is 2.99. The van der Waals surface area contributed by atoms with Crippen LogP contribution < -0.4 is 5.32 Å². The number of carbonyl (C=O) groups is 4. The predicted molar refractivity (Wildman–Crippen MR) is 102 cm³/mol. The minimum Gasteiger partial charge on any atom is -0.454 e. The van der Waals surface area contributed by atoms with E-state index < -0.39 is 36.3 Å². The van der Waals surface area contributed by atoms with Crippen molar-refractivity contribution in [3.63, 3.8) is 0 Å². The van der Waals surface area contributed by atoms with Crippen LogP contribution in [0, 0.1) is 0 Å². The zero-order valence-electron chi connectivity index (χ0n) is 15.6. The molecule has 28 heavy (non-hydrogen) atoms. The zero-order valence-corrected chi connectivity index (χ0v) is 15.6. The molecule has 0 saturated heterocycles. The number of ether oxygens (including phenoxy) is 1. The molecule has 144 valence electrons. The highest BCUT2D eigenvalue weighted by Gasteiger charge is 2.41. The van der Waals surface area contributed by atoms with Crippen LogP contribution in [0.15, 0.2) is 48.5 Å². The van der Waals surface area contributed by atoms with Gasteiger partial charge in [0.15, 0.2) is 6.61 Å². The van der Waals surface area contributed by atoms with E-state index in [1.54, 1.807) is 18.2 Å². The van der Waals surface area contributed by atoms with Crippen LogP contribution in [0.3, 0.4) is 0 Å². The van der Waals surface area contributed by atoms with Gasteiger partial charge >= 0.3 is 5.97 Å². The van der Waals surface area contributed by atoms with E-state index in [1.807, 2.05) is 25.1 Å². The highest BCUT2D eigenvalue weighted by atomic mass is 16.5. The normalized spacial score (nSPS) is 13.9. The standard InChI is InChI=1S/C21H20N2O5/c1-3-14-7-6-8-15(11-14)22-18(24)12-28-21(27)13(2)23-19(25)16-9-4-5-10-17(16)20(23)26/h4-11,13H,3,12H2,1-2H3,(H,22,24)/t13-/m1/s1. The minimum absolute atomic E-state index is 0.251. The third kappa shape index (κ3) is 3.78. The Balaban J connectivity index is 1.58. The van der Waals surface area contributed by atoms with Crippen LogP contribution in [-0.2, 0) is 20.7 Å². The Morgan fingerprint density at radius 2 is 1.68 bits per heavy atom. The maximum absolute atomic E-state index is 12.4. The van der Waals surface area contributed by atoms with Gasteiger partial charge in [-0.05, 0) is 43.2 Å². The third-order valence-electron chi connectivity index (χ3n) is 4.52. The average molecular weight is 380 g/mol. The van der Waals surface area contributed by atoms with Gasteiger partial charge in [0.2, 0.25) is 0 Å². The predicted octanol–water partition coefficient (Wildman–Crippen LogP) is 2.42. The van der Waals surface area contributed by atoms with Gasteiger partial charge in [0.1, 0.15) is 6.04 Å². The van der Waals surface area contributed by atoms with Crippen LogP contribution in [0.1, 0.15) is 40.1 Å². The van der Waals surface area contributed by atoms with Crippen LogP contribution in [0.4, 0.5) is 5.69 Å². The van der Waals surface area contributed by atoms with Crippen molar-refractivity contribution in [3.05, 3.63) is 65.2 Å². The number of aryl methyl sites for hydroxylation is 1. The second kappa shape index (κ2) is 8.04. The number of nitrogens with zero attached hydrogens (tertiary/aromatic N) is 1. The van der Waals surface area contributed by atoms with E-state index >= 15 is 0 Å². The number of esters is 1. The second-order valence-electron chi connectivity index (χ2n) is 6.41. The molecule has 0 saturated carbocycles. The van der Waals surface area contributed by atoms with Crippen LogP contribution in [0.2, 0.25) is 0 Å². The largest absolute Gasteiger partial charge is 0.454 e. The maximum atomic E-state index is 12.4. The summed E-state index contributed by atoms with van der Waals surface area (Å²) in [5, 5.41) is 2.65. The number of rotatable bonds is 6. The van der Waals surface area contributed by atoms with Crippen LogP contribution >= 0.6 is 0 Å². The Morgan fingerprint density at radius 1 is 1.04 bits per heavy atom. The fourth-order valence-corrected chi connectivity index (χ4v) is 2.99. The Kier molecular flexibility index (Phi) is 5.54. The topological polar surface area (TPSA) is 92.8 Å². The van der Waals surface area contributed by atoms with Crippen molar-refractivity contribution in [2.24, 2.45) is 0 Å². The molecule has 1 N–H and O–H groups in total. The molecule has 0 bridgehead atoms. The zero-order chi connectivity index (χ0) is 20.3. The summed E-state index contributed by atoms with van der Waals surface area (Å²) in [5.41, 5.74) is 2.17. The first-order valence-corrected chi connectivity index (χ1v) is 8.94. The summed E-state index contributed by atoms with van der Waals surface area (Å²) in [5.74, 6) is -2.43. The molecule has 3 rings (SSSR count). The lowest BCUT2D eigenvalue weighted by Gasteiger charge is -2.20. The van der Waals surface area contributed by atoms with E-state index in [1.165, 1.54) is 19.1 Å². The molecule has 0 radical (unpaired) electrons. The Bertz CT molecular complexity index is 918. The summed E-state index contributed by atoms with van der Waals surface area (Å²) < 4.78 is 5.01. The highest BCUT2D eigenvalue weighted by Crippen LogP contribution is 2.24. The molecule has 1 atom stereocenters. The molecule has 2 aromatic carbocycles. The van der Waals surface area contributed by atoms with E-state index in [9.17, 15) is 19.2 Å². The number of amides is 3. The Hall–Kier alpha value is -3.48. The molecular formula is C21H20N2O5. The summed E-state index contributed by atoms with van der Waals surface area (Å²) in [6.45, 7) is 2.89. The fraction of sp³-hybridized carbons (Fsp3) is 0.238. The molecule has 7 nitrogen and oxygen atoms in total. The number of hydrogen-bond donors (Lipinski definition) is 1. The molecule has 1 heterocycles. The van der Waals surface area contributed by atoms with Crippen molar-refractivity contribution in [1.29, 1.82) is 0 Å². The molecular weight excluding hydrogens is 360 g/mol. The maximum Gasteiger partial charge on any atom is 0.329 e. The van der Waals surface area contributed by atoms with Gasteiger partial charge in [-0.1, -0.05) is 31.2 Å². The van der Waals surface area contributed by atoms with Crippen LogP contribution in [0.5, 0.6) is 0 Å². The van der Waals surface area contributed by atoms with Gasteiger partial charge in [-0.25, -0.2) is 4.79 Å². The smallest absolute Gasteiger partial charge is 0.329 e. The highest BCUT2D eigenvalue weighted by molar-refractivity contribution is 6.22. The van der Waals surface area contributed by atoms with E-state index in [4.69, 9.17) is 4.74 Å². The van der Waals surface area contributed by atoms with Crippen molar-refractivity contribution < 1.29 is 23.9 Å². The Morgan fingerprint density at radius 3 is 2.29 bits per heavy atom. The van der Waals surface area contributed by atoms with Gasteiger partial charge in [-0.2, -0.15) is 0 Å². The van der Waals surface area contributed by atoms with Crippen molar-refractivity contribution >= 4 is 29.4 Å². The summed E-state index contributed by atoms with van der Waals surface area (Å²) >= 11 is 0. The molecule has 3 amide bonds. The first kappa shape index (κ1) is 19.3. The first-order chi connectivity index (χ1) is 13.4. The average Bonchev–Trinajstić information content (AvgIpc) is 2.96. The summed E-state index contributed by atoms with van der Waals surface area (Å²) in [6.07, 6.45) is 0.830. The molecule has 7 heteroatoms. The van der Waals surface area contributed by atoms with Crippen molar-refractivity contribution in [2.45, 2.75) is 26.3 Å². The van der Waals surface area contributed by atoms with E-state index in [2.05, 4.69) is 5.32 Å². The number of hydrogen-bond acceptors (Lipinski definition) is 5. The van der Waals surface area contributed by atoms with Gasteiger partial charge < -0.3 is 10.1 Å². The lowest BCUT2D eigenvalue weighted by Crippen LogP contribution is -2.44. The number of anilines is 1. The second-order valence-corrected chi connectivity index (χ2v) is 6.41. The number of fused-ring (bicyclic) bond motifs is 1. The van der Waals surface area contributed by atoms with E-state index in [0.29, 0.717) is 5.69 Å². The number of imide groups is 1. The molecule has 2 aromatic rings. The summed E-state index contributed by atoms with van der Waals surface area (Å²) in [4.78, 5) is 50.0. The molecule has 1 aliphatic rings. The minimum atomic E-state index is -1.14. The first-order valence-electron chi connectivity index (χ1n) is 8.94. The third-order valence-corrected chi connectivity index (χ3v) is 4.52. The van der Waals surface area contributed by atoms with Gasteiger partial charge in [-0.15, -0.1) is 0 Å². The van der Waals surface area contributed by atoms with Crippen LogP contribution in [0.25, 0.3) is 0 Å². The molecule has 0 unspecified atom stereocenters. The van der Waals surface area contributed by atoms with E-state index in [0.717, 1.165) is 16.9 Å². The summed E-state index contributed by atoms with van der Waals surface area (Å²) in [6, 6.07) is 12.6. The SMILES string of the molecule is CCc1cccc(NC(=O)COC(=O)[C@@H](C)N2C(=O)c3ccccc3C2=O)c1. The molecule has 1 aliphatic heterocycles.